The fraction of sp³-hybridized carbons (Fsp3) is 0.355. The predicted octanol–water partition coefficient (Wildman–Crippen LogP) is 6.91. The molecular formula is C31H40BrO4P. The molecule has 0 amide bonds. The predicted molar refractivity (Wildman–Crippen MR) is 161 cm³/mol. The molecule has 4 nitrogen and oxygen atoms in total. The van der Waals surface area contributed by atoms with Crippen LogP contribution in [0.5, 0.6) is 0 Å². The monoisotopic (exact) mass is 586 g/mol. The van der Waals surface area contributed by atoms with E-state index in [1.807, 2.05) is 13.8 Å². The second-order valence-corrected chi connectivity index (χ2v) is 10.9. The van der Waals surface area contributed by atoms with E-state index in [0.29, 0.717) is 26.1 Å². The van der Waals surface area contributed by atoms with Crippen molar-refractivity contribution in [3.8, 4) is 0 Å². The highest BCUT2D eigenvalue weighted by Crippen LogP contribution is 2.32. The number of hydrogen-bond acceptors (Lipinski definition) is 4. The lowest BCUT2D eigenvalue weighted by Gasteiger charge is -2.18. The van der Waals surface area contributed by atoms with Crippen molar-refractivity contribution in [3.63, 3.8) is 0 Å². The van der Waals surface area contributed by atoms with Gasteiger partial charge in [0.2, 0.25) is 0 Å². The number of carbonyl (C=O) groups excluding carboxylic acids is 2. The van der Waals surface area contributed by atoms with Gasteiger partial charge in [0.1, 0.15) is 0 Å². The Morgan fingerprint density at radius 1 is 0.622 bits per heavy atom. The van der Waals surface area contributed by atoms with Crippen LogP contribution in [0.3, 0.4) is 0 Å². The van der Waals surface area contributed by atoms with Crippen LogP contribution >= 0.6 is 23.9 Å². The summed E-state index contributed by atoms with van der Waals surface area (Å²) in [7, 11) is -0.446. The van der Waals surface area contributed by atoms with E-state index in [-0.39, 0.29) is 11.9 Å². The van der Waals surface area contributed by atoms with Gasteiger partial charge in [0.25, 0.3) is 0 Å². The zero-order valence-corrected chi connectivity index (χ0v) is 24.8. The summed E-state index contributed by atoms with van der Waals surface area (Å²) in [6, 6.07) is 32.3. The third kappa shape index (κ3) is 14.7. The van der Waals surface area contributed by atoms with E-state index in [4.69, 9.17) is 4.74 Å². The number of carbonyl (C=O) groups is 2. The molecule has 0 fully saturated rings. The Bertz CT molecular complexity index is 852. The van der Waals surface area contributed by atoms with Crippen molar-refractivity contribution in [1.82, 2.24) is 0 Å². The van der Waals surface area contributed by atoms with E-state index in [1.165, 1.54) is 15.9 Å². The average molecular weight is 588 g/mol. The van der Waals surface area contributed by atoms with Gasteiger partial charge in [-0.25, -0.2) is 0 Å². The van der Waals surface area contributed by atoms with Crippen molar-refractivity contribution < 1.29 is 19.1 Å². The Labute approximate surface area is 232 Å². The van der Waals surface area contributed by atoms with Crippen LogP contribution in [0, 0.1) is 0 Å². The summed E-state index contributed by atoms with van der Waals surface area (Å²) in [5, 5.41) is 5.06. The van der Waals surface area contributed by atoms with Crippen LogP contribution in [0.1, 0.15) is 52.9 Å². The minimum Gasteiger partial charge on any atom is -0.466 e. The summed E-state index contributed by atoms with van der Waals surface area (Å²) in [4.78, 5) is 21.1. The third-order valence-corrected chi connectivity index (χ3v) is 7.91. The lowest BCUT2D eigenvalue weighted by Crippen LogP contribution is -2.20. The summed E-state index contributed by atoms with van der Waals surface area (Å²) in [5.74, 6) is -0.170. The normalized spacial score (nSPS) is 9.86. The standard InChI is InChI=1S/C18H15P.C7H14O2.C6H11BrO2/c1-4-10-16(11-5-1)19(17-12-6-2-7-13-17)18-14-8-3-9-15-18;1-3-5-6-7(8)9-4-2;1-2-9-6(8)4-3-5-7/h1-15H;3-6H2,1-2H3;2-5H2,1H3. The van der Waals surface area contributed by atoms with Crippen molar-refractivity contribution >= 4 is 51.7 Å². The van der Waals surface area contributed by atoms with E-state index >= 15 is 0 Å². The SMILES string of the molecule is CCCCC(=O)OCC.CCOC(=O)CCCBr.c1ccc(P(c2ccccc2)c2ccccc2)cc1. The molecule has 0 aliphatic rings. The maximum Gasteiger partial charge on any atom is 0.305 e. The smallest absolute Gasteiger partial charge is 0.305 e. The molecule has 37 heavy (non-hydrogen) atoms. The Morgan fingerprint density at radius 3 is 1.27 bits per heavy atom. The summed E-state index contributed by atoms with van der Waals surface area (Å²) < 4.78 is 9.39. The molecule has 0 saturated carbocycles. The molecule has 3 aromatic rings. The highest BCUT2D eigenvalue weighted by atomic mass is 79.9. The number of ether oxygens (including phenoxy) is 2. The molecule has 0 atom stereocenters. The van der Waals surface area contributed by atoms with Gasteiger partial charge in [-0.2, -0.15) is 0 Å². The first-order valence-corrected chi connectivity index (χ1v) is 15.4. The van der Waals surface area contributed by atoms with Gasteiger partial charge in [0.15, 0.2) is 0 Å². The molecule has 3 rings (SSSR count). The first kappa shape index (κ1) is 32.5. The lowest BCUT2D eigenvalue weighted by molar-refractivity contribution is -0.144. The highest BCUT2D eigenvalue weighted by molar-refractivity contribution is 9.09. The molecule has 0 aliphatic heterocycles. The summed E-state index contributed by atoms with van der Waals surface area (Å²) in [6.45, 7) is 6.68. The van der Waals surface area contributed by atoms with Gasteiger partial charge in [-0.1, -0.05) is 120 Å². The molecule has 6 heteroatoms. The minimum absolute atomic E-state index is 0.0700. The molecule has 0 radical (unpaired) electrons. The van der Waals surface area contributed by atoms with Crippen LogP contribution in [0.25, 0.3) is 0 Å². The molecule has 3 aromatic carbocycles. The summed E-state index contributed by atoms with van der Waals surface area (Å²) in [6.07, 6.45) is 3.96. The van der Waals surface area contributed by atoms with Gasteiger partial charge >= 0.3 is 11.9 Å². The molecule has 0 bridgehead atoms. The number of esters is 2. The van der Waals surface area contributed by atoms with Crippen LogP contribution in [-0.4, -0.2) is 30.5 Å². The second kappa shape index (κ2) is 21.6. The molecule has 0 aromatic heterocycles. The van der Waals surface area contributed by atoms with Gasteiger partial charge < -0.3 is 9.47 Å². The summed E-state index contributed by atoms with van der Waals surface area (Å²) >= 11 is 3.22. The number of rotatable bonds is 11. The molecule has 0 aliphatic carbocycles. The zero-order chi connectivity index (χ0) is 27.1. The van der Waals surface area contributed by atoms with Crippen molar-refractivity contribution in [1.29, 1.82) is 0 Å². The van der Waals surface area contributed by atoms with Crippen molar-refractivity contribution in [2.45, 2.75) is 52.9 Å². The lowest BCUT2D eigenvalue weighted by atomic mass is 10.3. The number of halogens is 1. The molecule has 0 N–H and O–H groups in total. The first-order valence-electron chi connectivity index (χ1n) is 12.9. The topological polar surface area (TPSA) is 52.6 Å². The van der Waals surface area contributed by atoms with Gasteiger partial charge in [0.05, 0.1) is 13.2 Å². The minimum atomic E-state index is -0.446. The van der Waals surface area contributed by atoms with Crippen LogP contribution in [0.15, 0.2) is 91.0 Å². The Morgan fingerprint density at radius 2 is 0.973 bits per heavy atom. The Balaban J connectivity index is 0.000000322. The maximum absolute atomic E-state index is 10.6. The molecule has 200 valence electrons. The fourth-order valence-electron chi connectivity index (χ4n) is 3.18. The quantitative estimate of drug-likeness (QED) is 0.139. The van der Waals surface area contributed by atoms with E-state index in [2.05, 4.69) is 119 Å². The number of benzene rings is 3. The van der Waals surface area contributed by atoms with Gasteiger partial charge in [-0.05, 0) is 50.5 Å². The van der Waals surface area contributed by atoms with Gasteiger partial charge in [0, 0.05) is 18.2 Å². The van der Waals surface area contributed by atoms with Crippen molar-refractivity contribution in [3.05, 3.63) is 91.0 Å². The Hall–Kier alpha value is -2.49. The first-order chi connectivity index (χ1) is 18.1. The fourth-order valence-corrected chi connectivity index (χ4v) is 5.76. The average Bonchev–Trinajstić information content (AvgIpc) is 2.94. The van der Waals surface area contributed by atoms with Crippen LogP contribution in [0.2, 0.25) is 0 Å². The van der Waals surface area contributed by atoms with Gasteiger partial charge in [-0.3, -0.25) is 9.59 Å². The second-order valence-electron chi connectivity index (χ2n) is 7.85. The molecule has 0 unspecified atom stereocenters. The van der Waals surface area contributed by atoms with Crippen molar-refractivity contribution in [2.75, 3.05) is 18.5 Å². The van der Waals surface area contributed by atoms with Gasteiger partial charge in [-0.15, -0.1) is 0 Å². The number of unbranched alkanes of at least 4 members (excludes halogenated alkanes) is 1. The van der Waals surface area contributed by atoms with E-state index in [9.17, 15) is 9.59 Å². The maximum atomic E-state index is 10.6. The third-order valence-electron chi connectivity index (χ3n) is 4.90. The number of alkyl halides is 1. The van der Waals surface area contributed by atoms with Crippen LogP contribution in [-0.2, 0) is 19.1 Å². The van der Waals surface area contributed by atoms with E-state index < -0.39 is 7.92 Å². The zero-order valence-electron chi connectivity index (χ0n) is 22.3. The number of hydrogen-bond donors (Lipinski definition) is 0. The highest BCUT2D eigenvalue weighted by Gasteiger charge is 2.15. The molecular weight excluding hydrogens is 547 g/mol. The molecule has 0 saturated heterocycles. The van der Waals surface area contributed by atoms with Crippen LogP contribution in [0.4, 0.5) is 0 Å². The largest absolute Gasteiger partial charge is 0.466 e. The van der Waals surface area contributed by atoms with Crippen molar-refractivity contribution in [2.24, 2.45) is 0 Å². The van der Waals surface area contributed by atoms with Crippen LogP contribution < -0.4 is 15.9 Å². The van der Waals surface area contributed by atoms with E-state index in [0.717, 1.165) is 24.6 Å². The van der Waals surface area contributed by atoms with E-state index in [1.54, 1.807) is 0 Å². The summed E-state index contributed by atoms with van der Waals surface area (Å²) in [5.41, 5.74) is 0. The molecule has 0 spiro atoms. The molecule has 0 heterocycles. The Kier molecular flexibility index (Phi) is 19.0.